The number of aromatic nitrogens is 1. The third kappa shape index (κ3) is 5.60. The van der Waals surface area contributed by atoms with Crippen LogP contribution in [0.4, 0.5) is 5.13 Å². The van der Waals surface area contributed by atoms with Crippen LogP contribution in [0.1, 0.15) is 26.3 Å². The zero-order valence-electron chi connectivity index (χ0n) is 17.0. The number of ether oxygens (including phenoxy) is 2. The van der Waals surface area contributed by atoms with Crippen LogP contribution in [-0.2, 0) is 11.2 Å². The van der Waals surface area contributed by atoms with E-state index in [2.05, 4.69) is 15.6 Å². The Morgan fingerprint density at radius 1 is 1.10 bits per heavy atom. The second-order valence-corrected chi connectivity index (χ2v) is 7.57. The SMILES string of the molecule is CCOc1ccc(CCNC(=O)C(C)Nc2nc3ccccc3s2)cc1OCC. The number of carbonyl (C=O) groups excluding carboxylic acids is 1. The fourth-order valence-corrected chi connectivity index (χ4v) is 3.87. The summed E-state index contributed by atoms with van der Waals surface area (Å²) in [6.07, 6.45) is 0.714. The van der Waals surface area contributed by atoms with E-state index < -0.39 is 0 Å². The molecular weight excluding hydrogens is 386 g/mol. The number of anilines is 1. The maximum atomic E-state index is 12.4. The highest BCUT2D eigenvalue weighted by Crippen LogP contribution is 2.29. The van der Waals surface area contributed by atoms with E-state index in [0.717, 1.165) is 32.4 Å². The first-order valence-corrected chi connectivity index (χ1v) is 10.7. The van der Waals surface area contributed by atoms with E-state index in [-0.39, 0.29) is 11.9 Å². The van der Waals surface area contributed by atoms with Gasteiger partial charge in [-0.15, -0.1) is 0 Å². The van der Waals surface area contributed by atoms with Crippen molar-refractivity contribution in [2.45, 2.75) is 33.2 Å². The van der Waals surface area contributed by atoms with Gasteiger partial charge in [0.15, 0.2) is 16.6 Å². The molecule has 1 unspecified atom stereocenters. The number of hydrogen-bond donors (Lipinski definition) is 2. The molecule has 0 spiro atoms. The number of amides is 1. The van der Waals surface area contributed by atoms with Crippen molar-refractivity contribution in [1.82, 2.24) is 10.3 Å². The van der Waals surface area contributed by atoms with Gasteiger partial charge in [0, 0.05) is 6.54 Å². The van der Waals surface area contributed by atoms with Crippen molar-refractivity contribution < 1.29 is 14.3 Å². The molecule has 2 N–H and O–H groups in total. The molecule has 6 nitrogen and oxygen atoms in total. The van der Waals surface area contributed by atoms with Crippen LogP contribution >= 0.6 is 11.3 Å². The van der Waals surface area contributed by atoms with Gasteiger partial charge in [-0.2, -0.15) is 0 Å². The molecule has 2 aromatic carbocycles. The summed E-state index contributed by atoms with van der Waals surface area (Å²) in [7, 11) is 0. The summed E-state index contributed by atoms with van der Waals surface area (Å²) in [5, 5.41) is 6.92. The molecular formula is C22H27N3O3S. The van der Waals surface area contributed by atoms with Crippen LogP contribution in [0, 0.1) is 0 Å². The van der Waals surface area contributed by atoms with Gasteiger partial charge < -0.3 is 20.1 Å². The van der Waals surface area contributed by atoms with Gasteiger partial charge in [0.05, 0.1) is 23.4 Å². The van der Waals surface area contributed by atoms with Crippen LogP contribution in [0.3, 0.4) is 0 Å². The van der Waals surface area contributed by atoms with Gasteiger partial charge in [-0.05, 0) is 57.0 Å². The molecule has 3 aromatic rings. The van der Waals surface area contributed by atoms with Crippen molar-refractivity contribution in [2.24, 2.45) is 0 Å². The first-order valence-electron chi connectivity index (χ1n) is 9.89. The molecule has 29 heavy (non-hydrogen) atoms. The second kappa shape index (κ2) is 10.1. The minimum Gasteiger partial charge on any atom is -0.490 e. The van der Waals surface area contributed by atoms with E-state index in [1.807, 2.05) is 63.2 Å². The molecule has 0 aliphatic rings. The highest BCUT2D eigenvalue weighted by Gasteiger charge is 2.14. The topological polar surface area (TPSA) is 72.5 Å². The Labute approximate surface area is 175 Å². The van der Waals surface area contributed by atoms with Crippen LogP contribution in [-0.4, -0.2) is 36.7 Å². The summed E-state index contributed by atoms with van der Waals surface area (Å²) in [6, 6.07) is 13.5. The first kappa shape index (κ1) is 20.9. The average molecular weight is 414 g/mol. The lowest BCUT2D eigenvalue weighted by atomic mass is 10.1. The van der Waals surface area contributed by atoms with Crippen molar-refractivity contribution in [3.8, 4) is 11.5 Å². The summed E-state index contributed by atoms with van der Waals surface area (Å²) < 4.78 is 12.3. The number of para-hydroxylation sites is 1. The quantitative estimate of drug-likeness (QED) is 0.520. The van der Waals surface area contributed by atoms with E-state index in [4.69, 9.17) is 9.47 Å². The molecule has 0 radical (unpaired) electrons. The number of fused-ring (bicyclic) bond motifs is 1. The van der Waals surface area contributed by atoms with Crippen molar-refractivity contribution in [1.29, 1.82) is 0 Å². The Kier molecular flexibility index (Phi) is 7.30. The number of hydrogen-bond acceptors (Lipinski definition) is 6. The van der Waals surface area contributed by atoms with Crippen molar-refractivity contribution in [3.05, 3.63) is 48.0 Å². The van der Waals surface area contributed by atoms with E-state index in [9.17, 15) is 4.79 Å². The van der Waals surface area contributed by atoms with E-state index in [1.54, 1.807) is 11.3 Å². The maximum absolute atomic E-state index is 12.4. The number of carbonyl (C=O) groups is 1. The molecule has 0 saturated carbocycles. The van der Waals surface area contributed by atoms with Crippen LogP contribution in [0.15, 0.2) is 42.5 Å². The molecule has 0 bridgehead atoms. The van der Waals surface area contributed by atoms with E-state index >= 15 is 0 Å². The van der Waals surface area contributed by atoms with Gasteiger partial charge in [-0.25, -0.2) is 4.98 Å². The summed E-state index contributed by atoms with van der Waals surface area (Å²) >= 11 is 1.55. The van der Waals surface area contributed by atoms with Crippen LogP contribution in [0.5, 0.6) is 11.5 Å². The Hall–Kier alpha value is -2.80. The number of benzene rings is 2. The monoisotopic (exact) mass is 413 g/mol. The average Bonchev–Trinajstić information content (AvgIpc) is 3.12. The number of rotatable bonds is 10. The Bertz CT molecular complexity index is 924. The van der Waals surface area contributed by atoms with Crippen LogP contribution in [0.25, 0.3) is 10.2 Å². The predicted octanol–water partition coefficient (Wildman–Crippen LogP) is 4.25. The molecule has 1 aromatic heterocycles. The first-order chi connectivity index (χ1) is 14.1. The highest BCUT2D eigenvalue weighted by molar-refractivity contribution is 7.22. The van der Waals surface area contributed by atoms with Gasteiger partial charge >= 0.3 is 0 Å². The van der Waals surface area contributed by atoms with Crippen molar-refractivity contribution >= 4 is 32.6 Å². The van der Waals surface area contributed by atoms with E-state index in [1.165, 1.54) is 0 Å². The predicted molar refractivity (Wildman–Crippen MR) is 118 cm³/mol. The Morgan fingerprint density at radius 3 is 2.62 bits per heavy atom. The molecule has 1 atom stereocenters. The molecule has 1 heterocycles. The van der Waals surface area contributed by atoms with Crippen molar-refractivity contribution in [2.75, 3.05) is 25.1 Å². The standard InChI is InChI=1S/C22H27N3O3S/c1-4-27-18-11-10-16(14-19(18)28-5-2)12-13-23-21(26)15(3)24-22-25-17-8-6-7-9-20(17)29-22/h6-11,14-15H,4-5,12-13H2,1-3H3,(H,23,26)(H,24,25). The lowest BCUT2D eigenvalue weighted by molar-refractivity contribution is -0.121. The molecule has 7 heteroatoms. The number of nitrogens with one attached hydrogen (secondary N) is 2. The molecule has 0 fully saturated rings. The Balaban J connectivity index is 1.51. The fourth-order valence-electron chi connectivity index (χ4n) is 2.92. The second-order valence-electron chi connectivity index (χ2n) is 6.54. The summed E-state index contributed by atoms with van der Waals surface area (Å²) in [5.41, 5.74) is 2.03. The number of thiazole rings is 1. The van der Waals surface area contributed by atoms with Crippen molar-refractivity contribution in [3.63, 3.8) is 0 Å². The van der Waals surface area contributed by atoms with Crippen LogP contribution in [0.2, 0.25) is 0 Å². The summed E-state index contributed by atoms with van der Waals surface area (Å²) in [4.78, 5) is 16.9. The highest BCUT2D eigenvalue weighted by atomic mass is 32.1. The van der Waals surface area contributed by atoms with Crippen LogP contribution < -0.4 is 20.1 Å². The fraction of sp³-hybridized carbons (Fsp3) is 0.364. The largest absolute Gasteiger partial charge is 0.490 e. The smallest absolute Gasteiger partial charge is 0.242 e. The maximum Gasteiger partial charge on any atom is 0.242 e. The minimum absolute atomic E-state index is 0.0553. The molecule has 0 saturated heterocycles. The summed E-state index contributed by atoms with van der Waals surface area (Å²) in [5.74, 6) is 1.43. The minimum atomic E-state index is -0.366. The molecule has 3 rings (SSSR count). The zero-order chi connectivity index (χ0) is 20.6. The zero-order valence-corrected chi connectivity index (χ0v) is 17.8. The van der Waals surface area contributed by atoms with Gasteiger partial charge in [0.1, 0.15) is 6.04 Å². The Morgan fingerprint density at radius 2 is 1.86 bits per heavy atom. The number of nitrogens with zero attached hydrogens (tertiary/aromatic N) is 1. The molecule has 0 aliphatic carbocycles. The van der Waals surface area contributed by atoms with Gasteiger partial charge in [0.25, 0.3) is 0 Å². The normalized spacial score (nSPS) is 11.8. The lowest BCUT2D eigenvalue weighted by Gasteiger charge is -2.14. The summed E-state index contributed by atoms with van der Waals surface area (Å²) in [6.45, 7) is 7.45. The third-order valence-electron chi connectivity index (χ3n) is 4.35. The van der Waals surface area contributed by atoms with Gasteiger partial charge in [-0.3, -0.25) is 4.79 Å². The van der Waals surface area contributed by atoms with Gasteiger partial charge in [-0.1, -0.05) is 29.5 Å². The lowest BCUT2D eigenvalue weighted by Crippen LogP contribution is -2.38. The molecule has 0 aliphatic heterocycles. The van der Waals surface area contributed by atoms with Gasteiger partial charge in [0.2, 0.25) is 5.91 Å². The van der Waals surface area contributed by atoms with E-state index in [0.29, 0.717) is 26.2 Å². The molecule has 1 amide bonds. The molecule has 154 valence electrons. The third-order valence-corrected chi connectivity index (χ3v) is 5.32.